The Labute approximate surface area is 527 Å². The van der Waals surface area contributed by atoms with Gasteiger partial charge in [0.05, 0.1) is 89.4 Å². The first-order valence-corrected chi connectivity index (χ1v) is 28.1. The highest BCUT2D eigenvalue weighted by molar-refractivity contribution is 6.01. The number of rotatable bonds is 16. The topological polar surface area (TPSA) is 368 Å². The fraction of sp³-hybridized carbons (Fsp3) is 0. The van der Waals surface area contributed by atoms with Crippen molar-refractivity contribution in [2.75, 3.05) is 0 Å². The molecular formula is C72H40N4O18. The molecule has 0 aliphatic carbocycles. The van der Waals surface area contributed by atoms with E-state index >= 15 is 0 Å². The van der Waals surface area contributed by atoms with E-state index in [1.54, 1.807) is 121 Å². The van der Waals surface area contributed by atoms with Gasteiger partial charge in [0.25, 0.3) is 0 Å². The monoisotopic (exact) mass is 1250 g/mol. The van der Waals surface area contributed by atoms with Crippen molar-refractivity contribution in [1.82, 2.24) is 19.9 Å². The summed E-state index contributed by atoms with van der Waals surface area (Å²) in [6.07, 6.45) is 0. The first-order chi connectivity index (χ1) is 45.1. The van der Waals surface area contributed by atoms with E-state index in [1.807, 2.05) is 0 Å². The molecule has 0 spiro atoms. The van der Waals surface area contributed by atoms with Gasteiger partial charge in [-0.05, 0) is 117 Å². The van der Waals surface area contributed by atoms with Crippen LogP contribution in [-0.4, -0.2) is 109 Å². The molecule has 10 aromatic carbocycles. The lowest BCUT2D eigenvalue weighted by Crippen LogP contribution is -2.03. The van der Waals surface area contributed by atoms with Gasteiger partial charge in [-0.3, -0.25) is 0 Å². The number of ether oxygens (including phenoxy) is 2. The molecule has 0 bridgehead atoms. The van der Waals surface area contributed by atoms with Gasteiger partial charge in [0.2, 0.25) is 0 Å². The van der Waals surface area contributed by atoms with Crippen LogP contribution in [0.2, 0.25) is 0 Å². The third-order valence-electron chi connectivity index (χ3n) is 15.6. The van der Waals surface area contributed by atoms with E-state index in [4.69, 9.17) is 29.4 Å². The summed E-state index contributed by atoms with van der Waals surface area (Å²) in [5, 5.41) is 78.4. The van der Waals surface area contributed by atoms with Gasteiger partial charge in [-0.2, -0.15) is 0 Å². The van der Waals surface area contributed by atoms with Crippen LogP contribution in [0, 0.1) is 0 Å². The number of hydrogen-bond acceptors (Lipinski definition) is 14. The van der Waals surface area contributed by atoms with E-state index in [-0.39, 0.29) is 67.5 Å². The number of aromatic nitrogens is 4. The molecule has 0 fully saturated rings. The van der Waals surface area contributed by atoms with Gasteiger partial charge in [-0.25, -0.2) is 58.3 Å². The Morgan fingerprint density at radius 3 is 0.500 bits per heavy atom. The van der Waals surface area contributed by atoms with Crippen LogP contribution in [0.4, 0.5) is 0 Å². The minimum Gasteiger partial charge on any atom is -0.478 e. The van der Waals surface area contributed by atoms with Gasteiger partial charge in [0, 0.05) is 46.5 Å². The highest BCUT2D eigenvalue weighted by Gasteiger charge is 2.26. The zero-order valence-corrected chi connectivity index (χ0v) is 47.9. The Morgan fingerprint density at radius 2 is 0.351 bits per heavy atom. The quantitative estimate of drug-likeness (QED) is 0.0445. The smallest absolute Gasteiger partial charge is 0.335 e. The maximum absolute atomic E-state index is 12.0. The average molecular weight is 1250 g/mol. The summed E-state index contributed by atoms with van der Waals surface area (Å²) >= 11 is 0. The SMILES string of the molecule is O=C(O)c1cc(C(=O)O)cc(-c2ccc(-c3nc4cc5c(cc4nc3-c3ccc(-c4cc(C(=O)O)cc(C(=O)O)c4)cc3)Oc3cc4nc(-c6ccc(-c7cc(C(=O)O)cc(C(=O)O)c7)cc6)c(-c6ccc(-c7cc(C(=O)O)cc(C(=O)O)c7)cc6)nc4cc3O5)cc2)c1. The minimum atomic E-state index is -1.32. The molecule has 22 nitrogen and oxygen atoms in total. The highest BCUT2D eigenvalue weighted by atomic mass is 16.6. The predicted octanol–water partition coefficient (Wildman–Crippen LogP) is 14.4. The van der Waals surface area contributed by atoms with Gasteiger partial charge >= 0.3 is 47.8 Å². The molecule has 0 atom stereocenters. The lowest BCUT2D eigenvalue weighted by molar-refractivity contribution is 0.0676. The van der Waals surface area contributed by atoms with Gasteiger partial charge in [-0.15, -0.1) is 0 Å². The van der Waals surface area contributed by atoms with Gasteiger partial charge in [-0.1, -0.05) is 97.1 Å². The van der Waals surface area contributed by atoms with Crippen LogP contribution in [0.1, 0.15) is 82.9 Å². The number of fused-ring (bicyclic) bond motifs is 4. The molecule has 8 N–H and O–H groups in total. The molecule has 1 aliphatic rings. The van der Waals surface area contributed by atoms with Gasteiger partial charge in [0.15, 0.2) is 23.0 Å². The Balaban J connectivity index is 0.910. The summed E-state index contributed by atoms with van der Waals surface area (Å²) in [5.74, 6) is -9.62. The summed E-state index contributed by atoms with van der Waals surface area (Å²) in [7, 11) is 0. The van der Waals surface area contributed by atoms with Crippen molar-refractivity contribution in [3.63, 3.8) is 0 Å². The van der Waals surface area contributed by atoms with Crippen molar-refractivity contribution in [3.8, 4) is 113 Å². The van der Waals surface area contributed by atoms with Crippen LogP contribution in [0.25, 0.3) is 112 Å². The van der Waals surface area contributed by atoms with Gasteiger partial charge < -0.3 is 50.3 Å². The summed E-state index contributed by atoms with van der Waals surface area (Å²) in [5.41, 5.74) is 6.28. The number of nitrogens with zero attached hydrogens (tertiary/aromatic N) is 4. The van der Waals surface area contributed by atoms with Crippen LogP contribution < -0.4 is 9.47 Å². The van der Waals surface area contributed by atoms with E-state index in [2.05, 4.69) is 0 Å². The van der Waals surface area contributed by atoms with Gasteiger partial charge in [0.1, 0.15) is 0 Å². The fourth-order valence-corrected chi connectivity index (χ4v) is 10.9. The Bertz CT molecular complexity index is 4530. The number of benzene rings is 10. The second kappa shape index (κ2) is 23.3. The van der Waals surface area contributed by atoms with Crippen molar-refractivity contribution in [1.29, 1.82) is 0 Å². The van der Waals surface area contributed by atoms with Crippen LogP contribution >= 0.6 is 0 Å². The molecule has 3 heterocycles. The van der Waals surface area contributed by atoms with Crippen molar-refractivity contribution in [3.05, 3.63) is 239 Å². The maximum atomic E-state index is 12.0. The first kappa shape index (κ1) is 59.2. The van der Waals surface area contributed by atoms with E-state index < -0.39 is 47.8 Å². The molecule has 22 heteroatoms. The summed E-state index contributed by atoms with van der Waals surface area (Å²) in [4.78, 5) is 117. The molecule has 0 radical (unpaired) electrons. The van der Waals surface area contributed by atoms with Crippen molar-refractivity contribution < 1.29 is 88.7 Å². The summed E-state index contributed by atoms with van der Waals surface area (Å²) in [6, 6.07) is 48.8. The minimum absolute atomic E-state index is 0.228. The molecule has 1 aliphatic heterocycles. The molecule has 0 amide bonds. The van der Waals surface area contributed by atoms with E-state index in [9.17, 15) is 79.2 Å². The lowest BCUT2D eigenvalue weighted by Gasteiger charge is -2.22. The molecule has 13 rings (SSSR count). The molecule has 0 unspecified atom stereocenters. The molecular weight excluding hydrogens is 1210 g/mol. The molecule has 94 heavy (non-hydrogen) atoms. The Kier molecular flexibility index (Phi) is 14.7. The number of carboxylic acid groups (broad SMARTS) is 8. The highest BCUT2D eigenvalue weighted by Crippen LogP contribution is 2.49. The average Bonchev–Trinajstić information content (AvgIpc) is 0.758. The second-order valence-corrected chi connectivity index (χ2v) is 21.6. The summed E-state index contributed by atoms with van der Waals surface area (Å²) in [6.45, 7) is 0. The summed E-state index contributed by atoms with van der Waals surface area (Å²) < 4.78 is 13.2. The molecule has 456 valence electrons. The zero-order valence-electron chi connectivity index (χ0n) is 47.9. The normalized spacial score (nSPS) is 11.4. The third kappa shape index (κ3) is 11.4. The fourth-order valence-electron chi connectivity index (χ4n) is 10.9. The lowest BCUT2D eigenvalue weighted by atomic mass is 9.96. The molecule has 0 saturated heterocycles. The van der Waals surface area contributed by atoms with Crippen LogP contribution in [0.3, 0.4) is 0 Å². The van der Waals surface area contributed by atoms with Crippen LogP contribution in [-0.2, 0) is 0 Å². The number of hydrogen-bond donors (Lipinski definition) is 8. The van der Waals surface area contributed by atoms with E-state index in [0.717, 1.165) is 24.3 Å². The molecule has 2 aromatic heterocycles. The number of aromatic carboxylic acids is 8. The van der Waals surface area contributed by atoms with Crippen molar-refractivity contribution >= 4 is 69.8 Å². The first-order valence-electron chi connectivity index (χ1n) is 28.1. The van der Waals surface area contributed by atoms with Crippen molar-refractivity contribution in [2.24, 2.45) is 0 Å². The van der Waals surface area contributed by atoms with Crippen LogP contribution in [0.15, 0.2) is 194 Å². The van der Waals surface area contributed by atoms with E-state index in [0.29, 0.717) is 112 Å². The third-order valence-corrected chi connectivity index (χ3v) is 15.6. The number of carboxylic acids is 8. The molecule has 0 saturated carbocycles. The standard InChI is InChI=1S/C72H40N4O18/c77-65(78)45-17-41(18-46(25-45)66(79)80)33-1-9-37(10-2-33)61-62(38-11-3-34(4-12-38)42-19-47(67(81)82)26-48(20-42)68(83)84)74-54-30-58-57(29-53(54)73-61)93-59-31-55-56(32-60(59)94-58)76-64(40-15-7-36(8-16-40)44-23-51(71(89)90)28-52(24-44)72(91)92)63(75-55)39-13-5-35(6-14-39)43-21-49(69(85)86)27-50(22-43)70(87)88/h1-32H,(H,77,78)(H,79,80)(H,81,82)(H,83,84)(H,85,86)(H,87,88)(H,89,90)(H,91,92). The van der Waals surface area contributed by atoms with Crippen molar-refractivity contribution in [2.45, 2.75) is 0 Å². The Hall–Kier alpha value is -13.8. The Morgan fingerprint density at radius 1 is 0.202 bits per heavy atom. The van der Waals surface area contributed by atoms with Crippen LogP contribution in [0.5, 0.6) is 23.0 Å². The van der Waals surface area contributed by atoms with E-state index in [1.165, 1.54) is 48.5 Å². The molecule has 12 aromatic rings. The zero-order chi connectivity index (χ0) is 66.0. The predicted molar refractivity (Wildman–Crippen MR) is 338 cm³/mol. The largest absolute Gasteiger partial charge is 0.478 e. The number of carbonyl (C=O) groups is 8. The maximum Gasteiger partial charge on any atom is 0.335 e. The second-order valence-electron chi connectivity index (χ2n) is 21.6.